The Bertz CT molecular complexity index is 517. The van der Waals surface area contributed by atoms with Crippen LogP contribution in [0, 0.1) is 0 Å². The largest absolute Gasteiger partial charge is 0.462 e. The molecule has 0 bridgehead atoms. The number of esters is 1. The van der Waals surface area contributed by atoms with Gasteiger partial charge in [-0.1, -0.05) is 11.6 Å². The van der Waals surface area contributed by atoms with E-state index in [1.807, 2.05) is 6.07 Å². The van der Waals surface area contributed by atoms with Crippen LogP contribution < -0.4 is 0 Å². The van der Waals surface area contributed by atoms with Crippen molar-refractivity contribution in [1.29, 1.82) is 0 Å². The average Bonchev–Trinajstić information content (AvgIpc) is 2.47. The second-order valence-electron chi connectivity index (χ2n) is 5.46. The maximum atomic E-state index is 12.4. The summed E-state index contributed by atoms with van der Waals surface area (Å²) < 4.78 is 29.8. The Hall–Kier alpha value is -1.20. The summed E-state index contributed by atoms with van der Waals surface area (Å²) in [7, 11) is 0. The first-order valence-electron chi connectivity index (χ1n) is 7.47. The fraction of sp³-hybridized carbons (Fsp3) is 0.562. The standard InChI is InChI=1S/C16H20ClF2NO2/c1-2-22-16(21)13-7-12(8-14(17)9-13)11-3-5-20(6-4-11)10-15(18)19/h7-9,11,15H,2-6,10H2,1H3. The molecule has 0 aliphatic carbocycles. The van der Waals surface area contributed by atoms with Crippen molar-refractivity contribution in [3.05, 3.63) is 34.3 Å². The maximum absolute atomic E-state index is 12.4. The van der Waals surface area contributed by atoms with Gasteiger partial charge in [0.05, 0.1) is 18.7 Å². The number of hydrogen-bond acceptors (Lipinski definition) is 3. The summed E-state index contributed by atoms with van der Waals surface area (Å²) in [4.78, 5) is 13.6. The van der Waals surface area contributed by atoms with E-state index in [4.69, 9.17) is 16.3 Å². The van der Waals surface area contributed by atoms with Crippen LogP contribution in [0.1, 0.15) is 41.6 Å². The lowest BCUT2D eigenvalue weighted by atomic mass is 9.88. The smallest absolute Gasteiger partial charge is 0.338 e. The third-order valence-corrected chi connectivity index (χ3v) is 4.10. The molecule has 0 spiro atoms. The van der Waals surface area contributed by atoms with Gasteiger partial charge in [0.15, 0.2) is 0 Å². The number of halogens is 3. The summed E-state index contributed by atoms with van der Waals surface area (Å²) in [5, 5.41) is 0.496. The molecular formula is C16H20ClF2NO2. The van der Waals surface area contributed by atoms with E-state index in [-0.39, 0.29) is 18.4 Å². The third-order valence-electron chi connectivity index (χ3n) is 3.89. The molecule has 1 aliphatic heterocycles. The number of piperidine rings is 1. The molecule has 0 aromatic heterocycles. The fourth-order valence-corrected chi connectivity index (χ4v) is 3.07. The zero-order valence-electron chi connectivity index (χ0n) is 12.5. The topological polar surface area (TPSA) is 29.5 Å². The highest BCUT2D eigenvalue weighted by atomic mass is 35.5. The van der Waals surface area contributed by atoms with E-state index in [2.05, 4.69) is 0 Å². The number of hydrogen-bond donors (Lipinski definition) is 0. The minimum Gasteiger partial charge on any atom is -0.462 e. The van der Waals surface area contributed by atoms with Gasteiger partial charge >= 0.3 is 5.97 Å². The predicted molar refractivity (Wildman–Crippen MR) is 81.8 cm³/mol. The number of likely N-dealkylation sites (tertiary alicyclic amines) is 1. The molecule has 1 saturated heterocycles. The predicted octanol–water partition coefficient (Wildman–Crippen LogP) is 3.96. The quantitative estimate of drug-likeness (QED) is 0.765. The summed E-state index contributed by atoms with van der Waals surface area (Å²) in [5.74, 6) is -0.151. The van der Waals surface area contributed by atoms with Gasteiger partial charge in [0.2, 0.25) is 0 Å². The van der Waals surface area contributed by atoms with Crippen molar-refractivity contribution in [2.45, 2.75) is 32.1 Å². The Morgan fingerprint density at radius 3 is 2.64 bits per heavy atom. The van der Waals surface area contributed by atoms with Gasteiger partial charge in [-0.15, -0.1) is 0 Å². The van der Waals surface area contributed by atoms with E-state index in [0.717, 1.165) is 18.4 Å². The van der Waals surface area contributed by atoms with Gasteiger partial charge in [0.1, 0.15) is 0 Å². The average molecular weight is 332 g/mol. The molecule has 0 saturated carbocycles. The second-order valence-corrected chi connectivity index (χ2v) is 5.90. The number of nitrogens with zero attached hydrogens (tertiary/aromatic N) is 1. The molecule has 6 heteroatoms. The zero-order valence-corrected chi connectivity index (χ0v) is 13.3. The van der Waals surface area contributed by atoms with Crippen molar-refractivity contribution < 1.29 is 18.3 Å². The Kier molecular flexibility index (Phi) is 6.15. The first kappa shape index (κ1) is 17.2. The van der Waals surface area contributed by atoms with Crippen LogP contribution >= 0.6 is 11.6 Å². The normalized spacial score (nSPS) is 17.0. The summed E-state index contributed by atoms with van der Waals surface area (Å²) in [6, 6.07) is 5.24. The second kappa shape index (κ2) is 7.88. The monoisotopic (exact) mass is 331 g/mol. The van der Waals surface area contributed by atoms with Gasteiger partial charge in [0, 0.05) is 5.02 Å². The lowest BCUT2D eigenvalue weighted by molar-refractivity contribution is 0.0525. The molecule has 22 heavy (non-hydrogen) atoms. The number of carbonyl (C=O) groups is 1. The molecule has 0 radical (unpaired) electrons. The molecular weight excluding hydrogens is 312 g/mol. The molecule has 0 amide bonds. The van der Waals surface area contributed by atoms with Gasteiger partial charge in [-0.05, 0) is 62.5 Å². The van der Waals surface area contributed by atoms with E-state index in [9.17, 15) is 13.6 Å². The summed E-state index contributed by atoms with van der Waals surface area (Å²) in [6.07, 6.45) is -0.719. The van der Waals surface area contributed by atoms with Crippen molar-refractivity contribution in [2.24, 2.45) is 0 Å². The summed E-state index contributed by atoms with van der Waals surface area (Å²) in [5.41, 5.74) is 1.42. The van der Waals surface area contributed by atoms with Crippen LogP contribution in [0.25, 0.3) is 0 Å². The Morgan fingerprint density at radius 2 is 2.05 bits per heavy atom. The molecule has 122 valence electrons. The molecule has 0 unspecified atom stereocenters. The molecule has 0 atom stereocenters. The van der Waals surface area contributed by atoms with Crippen molar-refractivity contribution in [3.8, 4) is 0 Å². The molecule has 1 aromatic carbocycles. The van der Waals surface area contributed by atoms with Gasteiger partial charge in [-0.2, -0.15) is 0 Å². The van der Waals surface area contributed by atoms with E-state index in [0.29, 0.717) is 30.3 Å². The van der Waals surface area contributed by atoms with Crippen molar-refractivity contribution in [2.75, 3.05) is 26.2 Å². The maximum Gasteiger partial charge on any atom is 0.338 e. The Balaban J connectivity index is 2.05. The molecule has 3 nitrogen and oxygen atoms in total. The molecule has 2 rings (SSSR count). The highest BCUT2D eigenvalue weighted by Gasteiger charge is 2.23. The zero-order chi connectivity index (χ0) is 16.1. The van der Waals surface area contributed by atoms with Gasteiger partial charge in [-0.3, -0.25) is 4.90 Å². The first-order valence-corrected chi connectivity index (χ1v) is 7.85. The number of rotatable bonds is 5. The van der Waals surface area contributed by atoms with Crippen LogP contribution in [-0.2, 0) is 4.74 Å². The van der Waals surface area contributed by atoms with Gasteiger partial charge < -0.3 is 4.74 Å². The SMILES string of the molecule is CCOC(=O)c1cc(Cl)cc(C2CCN(CC(F)F)CC2)c1. The Morgan fingerprint density at radius 1 is 1.36 bits per heavy atom. The van der Waals surface area contributed by atoms with Gasteiger partial charge in [-0.25, -0.2) is 13.6 Å². The fourth-order valence-electron chi connectivity index (χ4n) is 2.82. The van der Waals surface area contributed by atoms with Crippen LogP contribution in [0.15, 0.2) is 18.2 Å². The summed E-state index contributed by atoms with van der Waals surface area (Å²) in [6.45, 7) is 3.16. The van der Waals surface area contributed by atoms with E-state index >= 15 is 0 Å². The third kappa shape index (κ3) is 4.65. The molecule has 1 aliphatic rings. The summed E-state index contributed by atoms with van der Waals surface area (Å²) >= 11 is 6.09. The first-order chi connectivity index (χ1) is 10.5. The Labute approximate surface area is 134 Å². The molecule has 0 N–H and O–H groups in total. The highest BCUT2D eigenvalue weighted by molar-refractivity contribution is 6.31. The van der Waals surface area contributed by atoms with Crippen molar-refractivity contribution in [3.63, 3.8) is 0 Å². The minimum atomic E-state index is -2.29. The van der Waals surface area contributed by atoms with E-state index in [1.54, 1.807) is 24.0 Å². The lowest BCUT2D eigenvalue weighted by Crippen LogP contribution is -2.36. The molecule has 1 fully saturated rings. The van der Waals surface area contributed by atoms with E-state index in [1.165, 1.54) is 0 Å². The van der Waals surface area contributed by atoms with Crippen molar-refractivity contribution >= 4 is 17.6 Å². The number of alkyl halides is 2. The van der Waals surface area contributed by atoms with Crippen LogP contribution in [0.3, 0.4) is 0 Å². The van der Waals surface area contributed by atoms with Crippen LogP contribution in [0.4, 0.5) is 8.78 Å². The van der Waals surface area contributed by atoms with E-state index < -0.39 is 6.43 Å². The van der Waals surface area contributed by atoms with Crippen LogP contribution in [0.2, 0.25) is 5.02 Å². The minimum absolute atomic E-state index is 0.170. The number of benzene rings is 1. The molecule has 1 aromatic rings. The number of ether oxygens (including phenoxy) is 1. The molecule has 1 heterocycles. The van der Waals surface area contributed by atoms with Crippen LogP contribution in [0.5, 0.6) is 0 Å². The number of carbonyl (C=O) groups excluding carboxylic acids is 1. The highest BCUT2D eigenvalue weighted by Crippen LogP contribution is 2.31. The lowest BCUT2D eigenvalue weighted by Gasteiger charge is -2.32. The van der Waals surface area contributed by atoms with Crippen LogP contribution in [-0.4, -0.2) is 43.5 Å². The van der Waals surface area contributed by atoms with Crippen molar-refractivity contribution in [1.82, 2.24) is 4.90 Å². The van der Waals surface area contributed by atoms with Gasteiger partial charge in [0.25, 0.3) is 6.43 Å².